The number of hydrogen-bond donors (Lipinski definition) is 1. The number of aliphatic carboxylic acids is 1. The Hall–Kier alpha value is -2.17. The Morgan fingerprint density at radius 2 is 1.94 bits per heavy atom. The molecule has 1 aliphatic heterocycles. The number of carboxylic acid groups (broad SMARTS) is 1. The summed E-state index contributed by atoms with van der Waals surface area (Å²) in [6, 6.07) is 4.71. The Morgan fingerprint density at radius 3 is 2.53 bits per heavy atom. The summed E-state index contributed by atoms with van der Waals surface area (Å²) < 4.78 is 0. The Kier molecular flexibility index (Phi) is 2.46. The average molecular weight is 233 g/mol. The summed E-state index contributed by atoms with van der Waals surface area (Å²) in [6.45, 7) is 1.49. The fraction of sp³-hybridized carbons (Fsp3) is 0.250. The highest BCUT2D eigenvalue weighted by Gasteiger charge is 2.36. The molecule has 17 heavy (non-hydrogen) atoms. The van der Waals surface area contributed by atoms with Gasteiger partial charge in [-0.15, -0.1) is 0 Å². The normalized spacial score (nSPS) is 16.0. The molecule has 0 spiro atoms. The van der Waals surface area contributed by atoms with Crippen molar-refractivity contribution in [3.8, 4) is 0 Å². The topological polar surface area (TPSA) is 74.7 Å². The van der Waals surface area contributed by atoms with Crippen molar-refractivity contribution in [2.45, 2.75) is 12.8 Å². The number of imide groups is 1. The smallest absolute Gasteiger partial charge is 0.310 e. The molecule has 1 aliphatic rings. The molecule has 0 aliphatic carbocycles. The first-order chi connectivity index (χ1) is 7.95. The molecule has 0 saturated carbocycles. The van der Waals surface area contributed by atoms with E-state index in [0.29, 0.717) is 5.56 Å². The fourth-order valence-corrected chi connectivity index (χ4v) is 1.92. The van der Waals surface area contributed by atoms with Gasteiger partial charge in [0.15, 0.2) is 0 Å². The van der Waals surface area contributed by atoms with Crippen molar-refractivity contribution in [2.75, 3.05) is 7.05 Å². The van der Waals surface area contributed by atoms with Gasteiger partial charge in [-0.1, -0.05) is 12.1 Å². The molecular formula is C12H11NO4. The third-order valence-corrected chi connectivity index (χ3v) is 2.99. The Bertz CT molecular complexity index is 535. The van der Waals surface area contributed by atoms with Crippen molar-refractivity contribution in [1.29, 1.82) is 0 Å². The van der Waals surface area contributed by atoms with Crippen molar-refractivity contribution >= 4 is 17.8 Å². The summed E-state index contributed by atoms with van der Waals surface area (Å²) in [5, 5.41) is 8.97. The second-order valence-corrected chi connectivity index (χ2v) is 4.00. The van der Waals surface area contributed by atoms with E-state index in [1.807, 2.05) is 0 Å². The summed E-state index contributed by atoms with van der Waals surface area (Å²) in [7, 11) is 1.39. The van der Waals surface area contributed by atoms with E-state index >= 15 is 0 Å². The predicted molar refractivity (Wildman–Crippen MR) is 58.9 cm³/mol. The first-order valence-electron chi connectivity index (χ1n) is 5.13. The van der Waals surface area contributed by atoms with E-state index in [1.165, 1.54) is 20.0 Å². The van der Waals surface area contributed by atoms with Crippen LogP contribution in [0, 0.1) is 0 Å². The molecule has 1 N–H and O–H groups in total. The molecule has 88 valence electrons. The summed E-state index contributed by atoms with van der Waals surface area (Å²) in [4.78, 5) is 35.5. The second-order valence-electron chi connectivity index (χ2n) is 4.00. The van der Waals surface area contributed by atoms with Crippen LogP contribution in [-0.4, -0.2) is 34.8 Å². The predicted octanol–water partition coefficient (Wildman–Crippen LogP) is 1.10. The minimum Gasteiger partial charge on any atom is -0.481 e. The van der Waals surface area contributed by atoms with E-state index in [2.05, 4.69) is 0 Å². The first kappa shape index (κ1) is 11.3. The van der Waals surface area contributed by atoms with Crippen molar-refractivity contribution in [3.05, 3.63) is 34.9 Å². The molecule has 1 heterocycles. The highest BCUT2D eigenvalue weighted by Crippen LogP contribution is 2.29. The van der Waals surface area contributed by atoms with E-state index in [4.69, 9.17) is 5.11 Å². The maximum Gasteiger partial charge on any atom is 0.310 e. The van der Waals surface area contributed by atoms with Gasteiger partial charge in [-0.05, 0) is 18.6 Å². The highest BCUT2D eigenvalue weighted by atomic mass is 16.4. The van der Waals surface area contributed by atoms with Gasteiger partial charge in [0.05, 0.1) is 17.0 Å². The van der Waals surface area contributed by atoms with Crippen LogP contribution in [0.15, 0.2) is 18.2 Å². The zero-order valence-corrected chi connectivity index (χ0v) is 9.43. The zero-order valence-electron chi connectivity index (χ0n) is 9.43. The van der Waals surface area contributed by atoms with Gasteiger partial charge in [-0.2, -0.15) is 0 Å². The minimum atomic E-state index is -1.02. The molecule has 0 radical (unpaired) electrons. The summed E-state index contributed by atoms with van der Waals surface area (Å²) in [5.74, 6) is -2.65. The lowest BCUT2D eigenvalue weighted by Gasteiger charge is -2.10. The molecule has 1 atom stereocenters. The molecule has 0 bridgehead atoms. The van der Waals surface area contributed by atoms with E-state index in [-0.39, 0.29) is 17.0 Å². The van der Waals surface area contributed by atoms with E-state index in [9.17, 15) is 14.4 Å². The van der Waals surface area contributed by atoms with Crippen molar-refractivity contribution in [2.24, 2.45) is 0 Å². The second kappa shape index (κ2) is 3.69. The Balaban J connectivity index is 2.64. The molecule has 2 rings (SSSR count). The molecule has 1 unspecified atom stereocenters. The third kappa shape index (κ3) is 1.51. The lowest BCUT2D eigenvalue weighted by Crippen LogP contribution is -2.24. The van der Waals surface area contributed by atoms with E-state index in [0.717, 1.165) is 4.90 Å². The van der Waals surface area contributed by atoms with Gasteiger partial charge in [0.1, 0.15) is 0 Å². The monoisotopic (exact) mass is 233 g/mol. The number of hydrogen-bond acceptors (Lipinski definition) is 3. The van der Waals surface area contributed by atoms with Crippen LogP contribution in [-0.2, 0) is 4.79 Å². The molecule has 1 aromatic rings. The zero-order chi connectivity index (χ0) is 12.7. The largest absolute Gasteiger partial charge is 0.481 e. The first-order valence-corrected chi connectivity index (χ1v) is 5.13. The van der Waals surface area contributed by atoms with Crippen LogP contribution in [0.3, 0.4) is 0 Å². The fourth-order valence-electron chi connectivity index (χ4n) is 1.92. The number of carbonyl (C=O) groups excluding carboxylic acids is 2. The van der Waals surface area contributed by atoms with E-state index in [1.54, 1.807) is 12.1 Å². The molecule has 1 aromatic carbocycles. The van der Waals surface area contributed by atoms with E-state index < -0.39 is 17.8 Å². The van der Waals surface area contributed by atoms with Crippen molar-refractivity contribution in [1.82, 2.24) is 4.90 Å². The van der Waals surface area contributed by atoms with Gasteiger partial charge >= 0.3 is 5.97 Å². The molecule has 0 aromatic heterocycles. The maximum atomic E-state index is 11.9. The SMILES string of the molecule is CC(C(=O)O)c1cccc2c1C(=O)N(C)C2=O. The molecule has 0 fully saturated rings. The lowest BCUT2D eigenvalue weighted by atomic mass is 9.93. The van der Waals surface area contributed by atoms with Crippen LogP contribution in [0.1, 0.15) is 39.1 Å². The average Bonchev–Trinajstić information content (AvgIpc) is 2.53. The molecule has 0 saturated heterocycles. The highest BCUT2D eigenvalue weighted by molar-refractivity contribution is 6.22. The van der Waals surface area contributed by atoms with Crippen LogP contribution in [0.25, 0.3) is 0 Å². The number of carboxylic acids is 1. The number of rotatable bonds is 2. The summed E-state index contributed by atoms with van der Waals surface area (Å²) >= 11 is 0. The summed E-state index contributed by atoms with van der Waals surface area (Å²) in [6.07, 6.45) is 0. The molecular weight excluding hydrogens is 222 g/mol. The van der Waals surface area contributed by atoms with Crippen LogP contribution in [0.2, 0.25) is 0 Å². The molecule has 5 nitrogen and oxygen atoms in total. The van der Waals surface area contributed by atoms with Gasteiger partial charge in [-0.3, -0.25) is 19.3 Å². The quantitative estimate of drug-likeness (QED) is 0.776. The lowest BCUT2D eigenvalue weighted by molar-refractivity contribution is -0.138. The molecule has 2 amide bonds. The van der Waals surface area contributed by atoms with Gasteiger partial charge in [0.2, 0.25) is 0 Å². The summed E-state index contributed by atoms with van der Waals surface area (Å²) in [5.41, 5.74) is 0.885. The van der Waals surface area contributed by atoms with Gasteiger partial charge in [0, 0.05) is 7.05 Å². The number of nitrogens with zero attached hydrogens (tertiary/aromatic N) is 1. The number of fused-ring (bicyclic) bond motifs is 1. The standard InChI is InChI=1S/C12H11NO4/c1-6(12(16)17)7-4-3-5-8-9(7)11(15)13(2)10(8)14/h3-6H,1-2H3,(H,16,17). The Labute approximate surface area is 97.7 Å². The third-order valence-electron chi connectivity index (χ3n) is 2.99. The Morgan fingerprint density at radius 1 is 1.29 bits per heavy atom. The number of amides is 2. The maximum absolute atomic E-state index is 11.9. The van der Waals surface area contributed by atoms with Crippen molar-refractivity contribution in [3.63, 3.8) is 0 Å². The van der Waals surface area contributed by atoms with Gasteiger partial charge < -0.3 is 5.11 Å². The van der Waals surface area contributed by atoms with Crippen LogP contribution < -0.4 is 0 Å². The van der Waals surface area contributed by atoms with Crippen LogP contribution >= 0.6 is 0 Å². The minimum absolute atomic E-state index is 0.218. The number of benzene rings is 1. The van der Waals surface area contributed by atoms with Crippen LogP contribution in [0.4, 0.5) is 0 Å². The van der Waals surface area contributed by atoms with Crippen molar-refractivity contribution < 1.29 is 19.5 Å². The molecule has 5 heteroatoms. The van der Waals surface area contributed by atoms with Gasteiger partial charge in [-0.25, -0.2) is 0 Å². The van der Waals surface area contributed by atoms with Gasteiger partial charge in [0.25, 0.3) is 11.8 Å². The number of carbonyl (C=O) groups is 3. The van der Waals surface area contributed by atoms with Crippen LogP contribution in [0.5, 0.6) is 0 Å².